The lowest BCUT2D eigenvalue weighted by molar-refractivity contribution is 0.155. The highest BCUT2D eigenvalue weighted by Gasteiger charge is 2.30. The van der Waals surface area contributed by atoms with Crippen molar-refractivity contribution in [1.82, 2.24) is 14.8 Å². The van der Waals surface area contributed by atoms with Crippen molar-refractivity contribution in [3.8, 4) is 0 Å². The number of carbonyl (C=O) groups excluding carboxylic acids is 1. The molecule has 1 N–H and O–H groups in total. The summed E-state index contributed by atoms with van der Waals surface area (Å²) in [5, 5.41) is 3.09. The lowest BCUT2D eigenvalue weighted by Gasteiger charge is -2.37. The summed E-state index contributed by atoms with van der Waals surface area (Å²) in [5.74, 6) is 0. The highest BCUT2D eigenvalue weighted by molar-refractivity contribution is 5.75. The smallest absolute Gasteiger partial charge is 0.318 e. The molecule has 4 rings (SSSR count). The number of urea groups is 1. The van der Waals surface area contributed by atoms with E-state index >= 15 is 0 Å². The van der Waals surface area contributed by atoms with Crippen molar-refractivity contribution in [3.05, 3.63) is 95.8 Å². The summed E-state index contributed by atoms with van der Waals surface area (Å²) in [5.41, 5.74) is 3.56. The first-order chi connectivity index (χ1) is 12.8. The molecule has 2 heterocycles. The van der Waals surface area contributed by atoms with Gasteiger partial charge in [0.1, 0.15) is 0 Å². The fourth-order valence-electron chi connectivity index (χ4n) is 3.63. The molecule has 4 heteroatoms. The highest BCUT2D eigenvalue weighted by Crippen LogP contribution is 2.29. The van der Waals surface area contributed by atoms with E-state index in [9.17, 15) is 4.79 Å². The third-order valence-electron chi connectivity index (χ3n) is 4.98. The van der Waals surface area contributed by atoms with Gasteiger partial charge in [0, 0.05) is 31.5 Å². The minimum Gasteiger partial charge on any atom is -0.348 e. The molecule has 4 nitrogen and oxygen atoms in total. The van der Waals surface area contributed by atoms with Crippen molar-refractivity contribution in [2.75, 3.05) is 6.54 Å². The predicted octanol–water partition coefficient (Wildman–Crippen LogP) is 4.00. The Kier molecular flexibility index (Phi) is 4.73. The van der Waals surface area contributed by atoms with Crippen LogP contribution in [0, 0.1) is 0 Å². The third kappa shape index (κ3) is 3.49. The minimum absolute atomic E-state index is 0.00207. The number of nitrogens with one attached hydrogen (secondary N) is 1. The summed E-state index contributed by atoms with van der Waals surface area (Å²) >= 11 is 0. The quantitative estimate of drug-likeness (QED) is 0.762. The van der Waals surface area contributed by atoms with Gasteiger partial charge in [-0.15, -0.1) is 0 Å². The molecule has 0 bridgehead atoms. The largest absolute Gasteiger partial charge is 0.348 e. The number of benzene rings is 2. The molecule has 2 amide bonds. The number of nitrogens with zero attached hydrogens (tertiary/aromatic N) is 2. The summed E-state index contributed by atoms with van der Waals surface area (Å²) in [6.45, 7) is 2.11. The molecule has 1 atom stereocenters. The van der Waals surface area contributed by atoms with Crippen molar-refractivity contribution in [2.24, 2.45) is 0 Å². The van der Waals surface area contributed by atoms with Crippen LogP contribution < -0.4 is 5.32 Å². The first kappa shape index (κ1) is 16.5. The zero-order valence-electron chi connectivity index (χ0n) is 14.7. The maximum absolute atomic E-state index is 12.9. The molecule has 3 aromatic rings. The number of hydrogen-bond acceptors (Lipinski definition) is 1. The summed E-state index contributed by atoms with van der Waals surface area (Å²) in [4.78, 5) is 14.9. The van der Waals surface area contributed by atoms with Gasteiger partial charge in [-0.05, 0) is 29.7 Å². The average Bonchev–Trinajstić information content (AvgIpc) is 3.17. The Morgan fingerprint density at radius 2 is 1.58 bits per heavy atom. The molecular formula is C22H23N3O. The van der Waals surface area contributed by atoms with E-state index in [0.29, 0.717) is 6.54 Å². The molecule has 1 aromatic heterocycles. The average molecular weight is 345 g/mol. The molecule has 0 saturated heterocycles. The Balaban J connectivity index is 1.52. The van der Waals surface area contributed by atoms with Crippen molar-refractivity contribution >= 4 is 6.03 Å². The standard InChI is InChI=1S/C22H23N3O/c26-22(23-17-19-10-5-2-6-11-19)25-15-14-24-13-7-12-20(24)21(25)16-18-8-3-1-4-9-18/h1-13,21H,14-17H2,(H,23,26). The zero-order valence-corrected chi connectivity index (χ0v) is 14.7. The van der Waals surface area contributed by atoms with Gasteiger partial charge in [-0.3, -0.25) is 0 Å². The number of rotatable bonds is 4. The molecule has 132 valence electrons. The number of fused-ring (bicyclic) bond motifs is 1. The number of carbonyl (C=O) groups is 1. The van der Waals surface area contributed by atoms with Crippen LogP contribution in [0.4, 0.5) is 4.79 Å². The second kappa shape index (κ2) is 7.48. The molecule has 0 saturated carbocycles. The number of aromatic nitrogens is 1. The van der Waals surface area contributed by atoms with Crippen molar-refractivity contribution in [3.63, 3.8) is 0 Å². The maximum atomic E-state index is 12.9. The second-order valence-corrected chi connectivity index (χ2v) is 6.67. The summed E-state index contributed by atoms with van der Waals surface area (Å²) in [6.07, 6.45) is 2.93. The third-order valence-corrected chi connectivity index (χ3v) is 4.98. The Labute approximate surface area is 154 Å². The molecule has 2 aromatic carbocycles. The van der Waals surface area contributed by atoms with E-state index in [1.54, 1.807) is 0 Å². The fourth-order valence-corrected chi connectivity index (χ4v) is 3.63. The van der Waals surface area contributed by atoms with E-state index in [1.807, 2.05) is 41.3 Å². The number of hydrogen-bond donors (Lipinski definition) is 1. The van der Waals surface area contributed by atoms with Crippen LogP contribution >= 0.6 is 0 Å². The molecule has 0 radical (unpaired) electrons. The minimum atomic E-state index is 0.00207. The van der Waals surface area contributed by atoms with Crippen LogP contribution in [0.5, 0.6) is 0 Å². The summed E-state index contributed by atoms with van der Waals surface area (Å²) in [6, 6.07) is 24.7. The highest BCUT2D eigenvalue weighted by atomic mass is 16.2. The first-order valence-electron chi connectivity index (χ1n) is 9.08. The van der Waals surface area contributed by atoms with Crippen molar-refractivity contribution in [2.45, 2.75) is 25.6 Å². The monoisotopic (exact) mass is 345 g/mol. The van der Waals surface area contributed by atoms with Crippen LogP contribution in [0.25, 0.3) is 0 Å². The van der Waals surface area contributed by atoms with Crippen LogP contribution in [-0.2, 0) is 19.5 Å². The topological polar surface area (TPSA) is 37.3 Å². The molecule has 0 fully saturated rings. The van der Waals surface area contributed by atoms with Crippen LogP contribution in [-0.4, -0.2) is 22.0 Å². The van der Waals surface area contributed by atoms with Crippen LogP contribution in [0.3, 0.4) is 0 Å². The van der Waals surface area contributed by atoms with Gasteiger partial charge in [-0.25, -0.2) is 4.79 Å². The Bertz CT molecular complexity index is 857. The molecular weight excluding hydrogens is 322 g/mol. The Hall–Kier alpha value is -3.01. The van der Waals surface area contributed by atoms with E-state index in [1.165, 1.54) is 11.3 Å². The molecule has 0 aliphatic carbocycles. The van der Waals surface area contributed by atoms with E-state index in [-0.39, 0.29) is 12.1 Å². The summed E-state index contributed by atoms with van der Waals surface area (Å²) in [7, 11) is 0. The molecule has 1 aliphatic rings. The SMILES string of the molecule is O=C(NCc1ccccc1)N1CCn2cccc2C1Cc1ccccc1. The van der Waals surface area contributed by atoms with Gasteiger partial charge in [0.05, 0.1) is 6.04 Å². The summed E-state index contributed by atoms with van der Waals surface area (Å²) < 4.78 is 2.26. The van der Waals surface area contributed by atoms with E-state index < -0.39 is 0 Å². The molecule has 26 heavy (non-hydrogen) atoms. The zero-order chi connectivity index (χ0) is 17.8. The van der Waals surface area contributed by atoms with E-state index in [4.69, 9.17) is 0 Å². The van der Waals surface area contributed by atoms with E-state index in [0.717, 1.165) is 25.1 Å². The predicted molar refractivity (Wildman–Crippen MR) is 103 cm³/mol. The van der Waals surface area contributed by atoms with Crippen LogP contribution in [0.15, 0.2) is 79.0 Å². The lowest BCUT2D eigenvalue weighted by atomic mass is 10.0. The molecule has 1 aliphatic heterocycles. The van der Waals surface area contributed by atoms with Crippen LogP contribution in [0.2, 0.25) is 0 Å². The number of amides is 2. The second-order valence-electron chi connectivity index (χ2n) is 6.67. The van der Waals surface area contributed by atoms with Gasteiger partial charge < -0.3 is 14.8 Å². The lowest BCUT2D eigenvalue weighted by Crippen LogP contribution is -2.47. The van der Waals surface area contributed by atoms with Gasteiger partial charge in [0.2, 0.25) is 0 Å². The molecule has 0 spiro atoms. The van der Waals surface area contributed by atoms with Gasteiger partial charge >= 0.3 is 6.03 Å². The normalized spacial score (nSPS) is 16.2. The van der Waals surface area contributed by atoms with E-state index in [2.05, 4.69) is 52.5 Å². The van der Waals surface area contributed by atoms with Gasteiger partial charge in [0.15, 0.2) is 0 Å². The Morgan fingerprint density at radius 1 is 0.885 bits per heavy atom. The van der Waals surface area contributed by atoms with Crippen molar-refractivity contribution < 1.29 is 4.79 Å². The van der Waals surface area contributed by atoms with Crippen LogP contribution in [0.1, 0.15) is 22.9 Å². The Morgan fingerprint density at radius 3 is 2.31 bits per heavy atom. The van der Waals surface area contributed by atoms with Gasteiger partial charge in [-0.2, -0.15) is 0 Å². The van der Waals surface area contributed by atoms with Crippen molar-refractivity contribution in [1.29, 1.82) is 0 Å². The van der Waals surface area contributed by atoms with Gasteiger partial charge in [-0.1, -0.05) is 60.7 Å². The molecule has 1 unspecified atom stereocenters. The first-order valence-corrected chi connectivity index (χ1v) is 9.08. The maximum Gasteiger partial charge on any atom is 0.318 e. The van der Waals surface area contributed by atoms with Gasteiger partial charge in [0.25, 0.3) is 0 Å². The fraction of sp³-hybridized carbons (Fsp3) is 0.227.